The van der Waals surface area contributed by atoms with E-state index < -0.39 is 5.97 Å². The summed E-state index contributed by atoms with van der Waals surface area (Å²) < 4.78 is 1.77. The number of nitrogens with zero attached hydrogens (tertiary/aromatic N) is 2. The molecule has 6 heteroatoms. The van der Waals surface area contributed by atoms with Gasteiger partial charge < -0.3 is 10.4 Å². The molecule has 5 nitrogen and oxygen atoms in total. The monoisotopic (exact) mass is 279 g/mol. The zero-order chi connectivity index (χ0) is 14.0. The van der Waals surface area contributed by atoms with E-state index >= 15 is 0 Å². The van der Waals surface area contributed by atoms with Gasteiger partial charge in [-0.15, -0.1) is 0 Å². The predicted molar refractivity (Wildman–Crippen MR) is 73.7 cm³/mol. The van der Waals surface area contributed by atoms with E-state index in [1.165, 1.54) is 6.07 Å². The van der Waals surface area contributed by atoms with Crippen molar-refractivity contribution >= 4 is 23.3 Å². The number of anilines is 1. The maximum absolute atomic E-state index is 11.0. The van der Waals surface area contributed by atoms with Gasteiger partial charge in [0.1, 0.15) is 0 Å². The van der Waals surface area contributed by atoms with E-state index in [0.717, 1.165) is 5.69 Å². The first-order chi connectivity index (χ1) is 8.99. The molecule has 1 aromatic heterocycles. The SMILES string of the molecule is CC(Nc1ccc(Cl)c(C(=O)O)c1)c1ccnn1C. The molecule has 2 aromatic rings. The molecular formula is C13H14ClN3O2. The second-order valence-corrected chi connectivity index (χ2v) is 4.65. The first-order valence-electron chi connectivity index (χ1n) is 5.76. The number of carboxylic acid groups (broad SMARTS) is 1. The van der Waals surface area contributed by atoms with E-state index in [1.54, 1.807) is 23.0 Å². The number of halogens is 1. The number of aromatic nitrogens is 2. The number of carbonyl (C=O) groups is 1. The van der Waals surface area contributed by atoms with Gasteiger partial charge in [-0.1, -0.05) is 11.6 Å². The van der Waals surface area contributed by atoms with Gasteiger partial charge in [0.25, 0.3) is 0 Å². The summed E-state index contributed by atoms with van der Waals surface area (Å²) in [6, 6.07) is 6.77. The molecule has 0 aliphatic rings. The molecule has 0 spiro atoms. The summed E-state index contributed by atoms with van der Waals surface area (Å²) in [6.45, 7) is 1.98. The molecule has 1 aromatic carbocycles. The van der Waals surface area contributed by atoms with Crippen molar-refractivity contribution in [1.29, 1.82) is 0 Å². The third kappa shape index (κ3) is 2.88. The van der Waals surface area contributed by atoms with Crippen LogP contribution < -0.4 is 5.32 Å². The van der Waals surface area contributed by atoms with Gasteiger partial charge in [0.2, 0.25) is 0 Å². The van der Waals surface area contributed by atoms with Gasteiger partial charge in [0, 0.05) is 18.9 Å². The largest absolute Gasteiger partial charge is 0.478 e. The van der Waals surface area contributed by atoms with Crippen LogP contribution in [0.3, 0.4) is 0 Å². The van der Waals surface area contributed by atoms with Crippen LogP contribution in [0.15, 0.2) is 30.5 Å². The van der Waals surface area contributed by atoms with E-state index in [2.05, 4.69) is 10.4 Å². The number of hydrogen-bond acceptors (Lipinski definition) is 3. The summed E-state index contributed by atoms with van der Waals surface area (Å²) in [6.07, 6.45) is 1.72. The Balaban J connectivity index is 2.22. The second-order valence-electron chi connectivity index (χ2n) is 4.25. The number of nitrogens with one attached hydrogen (secondary N) is 1. The fourth-order valence-electron chi connectivity index (χ4n) is 1.91. The Morgan fingerprint density at radius 1 is 1.47 bits per heavy atom. The lowest BCUT2D eigenvalue weighted by Gasteiger charge is -2.16. The van der Waals surface area contributed by atoms with E-state index in [1.807, 2.05) is 20.0 Å². The number of aromatic carboxylic acids is 1. The third-order valence-electron chi connectivity index (χ3n) is 2.88. The van der Waals surface area contributed by atoms with Crippen molar-refractivity contribution < 1.29 is 9.90 Å². The van der Waals surface area contributed by atoms with Crippen LogP contribution in [0.2, 0.25) is 5.02 Å². The van der Waals surface area contributed by atoms with Crippen LogP contribution in [-0.4, -0.2) is 20.9 Å². The van der Waals surface area contributed by atoms with E-state index in [4.69, 9.17) is 16.7 Å². The van der Waals surface area contributed by atoms with E-state index in [-0.39, 0.29) is 16.6 Å². The molecule has 2 rings (SSSR count). The lowest BCUT2D eigenvalue weighted by atomic mass is 10.1. The molecule has 1 unspecified atom stereocenters. The zero-order valence-corrected chi connectivity index (χ0v) is 11.3. The van der Waals surface area contributed by atoms with Crippen LogP contribution >= 0.6 is 11.6 Å². The lowest BCUT2D eigenvalue weighted by Crippen LogP contribution is -2.11. The second kappa shape index (κ2) is 5.32. The molecule has 0 fully saturated rings. The fourth-order valence-corrected chi connectivity index (χ4v) is 2.11. The Kier molecular flexibility index (Phi) is 3.76. The minimum absolute atomic E-state index is 0.00956. The first-order valence-corrected chi connectivity index (χ1v) is 6.14. The van der Waals surface area contributed by atoms with Gasteiger partial charge in [-0.3, -0.25) is 4.68 Å². The van der Waals surface area contributed by atoms with Gasteiger partial charge in [0.05, 0.1) is 22.3 Å². The highest BCUT2D eigenvalue weighted by molar-refractivity contribution is 6.33. The van der Waals surface area contributed by atoms with Crippen molar-refractivity contribution in [3.8, 4) is 0 Å². The molecular weight excluding hydrogens is 266 g/mol. The molecule has 2 N–H and O–H groups in total. The van der Waals surface area contributed by atoms with Crippen LogP contribution in [0, 0.1) is 0 Å². The highest BCUT2D eigenvalue weighted by Crippen LogP contribution is 2.24. The first kappa shape index (κ1) is 13.4. The quantitative estimate of drug-likeness (QED) is 0.903. The van der Waals surface area contributed by atoms with Gasteiger partial charge >= 0.3 is 5.97 Å². The molecule has 0 saturated carbocycles. The third-order valence-corrected chi connectivity index (χ3v) is 3.21. The van der Waals surface area contributed by atoms with Crippen molar-refractivity contribution in [2.24, 2.45) is 7.05 Å². The average Bonchev–Trinajstić information content (AvgIpc) is 2.77. The highest BCUT2D eigenvalue weighted by Gasteiger charge is 2.12. The van der Waals surface area contributed by atoms with Crippen LogP contribution in [0.1, 0.15) is 29.0 Å². The van der Waals surface area contributed by atoms with E-state index in [0.29, 0.717) is 5.69 Å². The Bertz CT molecular complexity index is 610. The standard InChI is InChI=1S/C13H14ClN3O2/c1-8(12-5-6-15-17(12)2)16-9-3-4-11(14)10(7-9)13(18)19/h3-8,16H,1-2H3,(H,18,19). The molecule has 1 heterocycles. The lowest BCUT2D eigenvalue weighted by molar-refractivity contribution is 0.0697. The summed E-state index contributed by atoms with van der Waals surface area (Å²) >= 11 is 5.83. The van der Waals surface area contributed by atoms with E-state index in [9.17, 15) is 4.79 Å². The summed E-state index contributed by atoms with van der Waals surface area (Å²) in [5, 5.41) is 16.6. The molecule has 0 saturated heterocycles. The number of hydrogen-bond donors (Lipinski definition) is 2. The fraction of sp³-hybridized carbons (Fsp3) is 0.231. The zero-order valence-electron chi connectivity index (χ0n) is 10.6. The number of rotatable bonds is 4. The minimum Gasteiger partial charge on any atom is -0.478 e. The summed E-state index contributed by atoms with van der Waals surface area (Å²) in [5.74, 6) is -1.04. The predicted octanol–water partition coefficient (Wildman–Crippen LogP) is 2.94. The van der Waals surface area contributed by atoms with Crippen LogP contribution in [-0.2, 0) is 7.05 Å². The molecule has 0 amide bonds. The van der Waals surface area contributed by atoms with Crippen molar-refractivity contribution in [2.75, 3.05) is 5.32 Å². The van der Waals surface area contributed by atoms with Gasteiger partial charge in [-0.05, 0) is 31.2 Å². The number of aryl methyl sites for hydroxylation is 1. The molecule has 1 atom stereocenters. The Morgan fingerprint density at radius 2 is 2.21 bits per heavy atom. The smallest absolute Gasteiger partial charge is 0.337 e. The molecule has 0 radical (unpaired) electrons. The van der Waals surface area contributed by atoms with Crippen LogP contribution in [0.25, 0.3) is 0 Å². The average molecular weight is 280 g/mol. The molecule has 0 bridgehead atoms. The normalized spacial score (nSPS) is 12.2. The van der Waals surface area contributed by atoms with Crippen molar-refractivity contribution in [3.63, 3.8) is 0 Å². The summed E-state index contributed by atoms with van der Waals surface area (Å²) in [4.78, 5) is 11.0. The Hall–Kier alpha value is -2.01. The van der Waals surface area contributed by atoms with Crippen molar-refractivity contribution in [3.05, 3.63) is 46.7 Å². The maximum Gasteiger partial charge on any atom is 0.337 e. The highest BCUT2D eigenvalue weighted by atomic mass is 35.5. The maximum atomic E-state index is 11.0. The van der Waals surface area contributed by atoms with Crippen molar-refractivity contribution in [2.45, 2.75) is 13.0 Å². The van der Waals surface area contributed by atoms with Crippen LogP contribution in [0.5, 0.6) is 0 Å². The Labute approximate surface area is 115 Å². The topological polar surface area (TPSA) is 67.2 Å². The van der Waals surface area contributed by atoms with Gasteiger partial charge in [-0.25, -0.2) is 4.79 Å². The minimum atomic E-state index is -1.04. The van der Waals surface area contributed by atoms with Gasteiger partial charge in [-0.2, -0.15) is 5.10 Å². The summed E-state index contributed by atoms with van der Waals surface area (Å²) in [5.41, 5.74) is 1.80. The summed E-state index contributed by atoms with van der Waals surface area (Å²) in [7, 11) is 1.86. The molecule has 0 aliphatic heterocycles. The van der Waals surface area contributed by atoms with Crippen LogP contribution in [0.4, 0.5) is 5.69 Å². The Morgan fingerprint density at radius 3 is 2.79 bits per heavy atom. The number of carboxylic acids is 1. The van der Waals surface area contributed by atoms with Crippen molar-refractivity contribution in [1.82, 2.24) is 9.78 Å². The molecule has 19 heavy (non-hydrogen) atoms. The molecule has 0 aliphatic carbocycles. The number of benzene rings is 1. The molecule has 100 valence electrons. The van der Waals surface area contributed by atoms with Gasteiger partial charge in [0.15, 0.2) is 0 Å².